The van der Waals surface area contributed by atoms with E-state index in [1.807, 2.05) is 11.3 Å². The summed E-state index contributed by atoms with van der Waals surface area (Å²) in [7, 11) is 0. The monoisotopic (exact) mass is 209 g/mol. The van der Waals surface area contributed by atoms with Crippen LogP contribution in [0.15, 0.2) is 11.4 Å². The summed E-state index contributed by atoms with van der Waals surface area (Å²) < 4.78 is 0. The minimum absolute atomic E-state index is 0.611. The number of hydrogen-bond donors (Lipinski definition) is 1. The van der Waals surface area contributed by atoms with E-state index >= 15 is 0 Å². The Morgan fingerprint density at radius 3 is 3.21 bits per heavy atom. The van der Waals surface area contributed by atoms with Crippen LogP contribution in [0, 0.1) is 0 Å². The first kappa shape index (κ1) is 10.2. The molecule has 14 heavy (non-hydrogen) atoms. The molecule has 1 heterocycles. The number of nitrogens with one attached hydrogen (secondary N) is 1. The van der Waals surface area contributed by atoms with Gasteiger partial charge in [0.2, 0.25) is 0 Å². The van der Waals surface area contributed by atoms with Gasteiger partial charge in [-0.15, -0.1) is 11.3 Å². The van der Waals surface area contributed by atoms with Gasteiger partial charge in [0.25, 0.3) is 0 Å². The van der Waals surface area contributed by atoms with Crippen molar-refractivity contribution in [2.24, 2.45) is 0 Å². The molecule has 0 amide bonds. The molecule has 1 aliphatic carbocycles. The summed E-state index contributed by atoms with van der Waals surface area (Å²) in [6, 6.07) is 2.92. The molecule has 0 radical (unpaired) electrons. The first-order valence-electron chi connectivity index (χ1n) is 5.57. The highest BCUT2D eigenvalue weighted by Crippen LogP contribution is 2.34. The van der Waals surface area contributed by atoms with E-state index in [0.717, 1.165) is 12.5 Å². The summed E-state index contributed by atoms with van der Waals surface area (Å²) in [6.07, 6.45) is 4.04. The SMILES string of the molecule is CC(C)NC[C@@H]1CCCc2ccsc21. The van der Waals surface area contributed by atoms with Crippen molar-refractivity contribution in [3.63, 3.8) is 0 Å². The lowest BCUT2D eigenvalue weighted by molar-refractivity contribution is 0.485. The summed E-state index contributed by atoms with van der Waals surface area (Å²) >= 11 is 1.95. The fraction of sp³-hybridized carbons (Fsp3) is 0.667. The third-order valence-corrected chi connectivity index (χ3v) is 4.04. The molecule has 1 nitrogen and oxygen atoms in total. The molecule has 0 aromatic carbocycles. The van der Waals surface area contributed by atoms with Crippen molar-refractivity contribution in [1.29, 1.82) is 0 Å². The third-order valence-electron chi connectivity index (χ3n) is 2.92. The van der Waals surface area contributed by atoms with Gasteiger partial charge in [-0.1, -0.05) is 13.8 Å². The number of aryl methyl sites for hydroxylation is 1. The molecule has 2 heteroatoms. The van der Waals surface area contributed by atoms with Crippen LogP contribution in [0.4, 0.5) is 0 Å². The van der Waals surface area contributed by atoms with Crippen LogP contribution >= 0.6 is 11.3 Å². The van der Waals surface area contributed by atoms with E-state index in [2.05, 4.69) is 30.6 Å². The Bertz CT molecular complexity index is 290. The van der Waals surface area contributed by atoms with Gasteiger partial charge in [0, 0.05) is 23.4 Å². The smallest absolute Gasteiger partial charge is 0.0121 e. The summed E-state index contributed by atoms with van der Waals surface area (Å²) in [5.74, 6) is 0.779. The lowest BCUT2D eigenvalue weighted by atomic mass is 9.89. The van der Waals surface area contributed by atoms with E-state index < -0.39 is 0 Å². The number of hydrogen-bond acceptors (Lipinski definition) is 2. The minimum atomic E-state index is 0.611. The molecule has 0 fully saturated rings. The maximum atomic E-state index is 3.55. The molecule has 1 aromatic heterocycles. The molecule has 1 N–H and O–H groups in total. The van der Waals surface area contributed by atoms with Crippen molar-refractivity contribution in [2.75, 3.05) is 6.54 Å². The van der Waals surface area contributed by atoms with E-state index in [1.54, 1.807) is 10.4 Å². The molecule has 1 aromatic rings. The van der Waals surface area contributed by atoms with E-state index in [1.165, 1.54) is 19.3 Å². The van der Waals surface area contributed by atoms with E-state index in [-0.39, 0.29) is 0 Å². The first-order valence-corrected chi connectivity index (χ1v) is 6.45. The fourth-order valence-corrected chi connectivity index (χ4v) is 3.25. The summed E-state index contributed by atoms with van der Waals surface area (Å²) in [5, 5.41) is 5.80. The van der Waals surface area contributed by atoms with Crippen molar-refractivity contribution in [2.45, 2.75) is 45.1 Å². The largest absolute Gasteiger partial charge is 0.314 e. The molecule has 1 aliphatic rings. The molecular weight excluding hydrogens is 190 g/mol. The molecule has 1 atom stereocenters. The topological polar surface area (TPSA) is 12.0 Å². The Morgan fingerprint density at radius 1 is 1.57 bits per heavy atom. The predicted octanol–water partition coefficient (Wildman–Crippen LogP) is 3.17. The molecule has 0 bridgehead atoms. The standard InChI is InChI=1S/C12H19NS/c1-9(2)13-8-11-5-3-4-10-6-7-14-12(10)11/h6-7,9,11,13H,3-5,8H2,1-2H3/t11-/m0/s1. The van der Waals surface area contributed by atoms with Crippen LogP contribution in [0.2, 0.25) is 0 Å². The maximum Gasteiger partial charge on any atom is 0.0121 e. The van der Waals surface area contributed by atoms with Crippen LogP contribution in [0.3, 0.4) is 0 Å². The highest BCUT2D eigenvalue weighted by molar-refractivity contribution is 7.10. The molecule has 0 saturated heterocycles. The quantitative estimate of drug-likeness (QED) is 0.806. The second kappa shape index (κ2) is 4.45. The molecule has 0 saturated carbocycles. The van der Waals surface area contributed by atoms with Crippen LogP contribution in [0.1, 0.15) is 43.0 Å². The van der Waals surface area contributed by atoms with E-state index in [4.69, 9.17) is 0 Å². The molecular formula is C12H19NS. The Hall–Kier alpha value is -0.340. The Labute approximate surface area is 90.5 Å². The van der Waals surface area contributed by atoms with Crippen molar-refractivity contribution >= 4 is 11.3 Å². The predicted molar refractivity (Wildman–Crippen MR) is 63.1 cm³/mol. The zero-order chi connectivity index (χ0) is 9.97. The van der Waals surface area contributed by atoms with Crippen molar-refractivity contribution in [1.82, 2.24) is 5.32 Å². The number of fused-ring (bicyclic) bond motifs is 1. The van der Waals surface area contributed by atoms with Crippen LogP contribution < -0.4 is 5.32 Å². The lowest BCUT2D eigenvalue weighted by Gasteiger charge is -2.23. The molecule has 0 unspecified atom stereocenters. The van der Waals surface area contributed by atoms with Gasteiger partial charge in [-0.2, -0.15) is 0 Å². The second-order valence-electron chi connectivity index (χ2n) is 4.46. The number of thiophene rings is 1. The van der Waals surface area contributed by atoms with Crippen molar-refractivity contribution < 1.29 is 0 Å². The van der Waals surface area contributed by atoms with Gasteiger partial charge in [0.1, 0.15) is 0 Å². The van der Waals surface area contributed by atoms with E-state index in [0.29, 0.717) is 6.04 Å². The highest BCUT2D eigenvalue weighted by Gasteiger charge is 2.20. The Balaban J connectivity index is 2.01. The summed E-state index contributed by atoms with van der Waals surface area (Å²) in [4.78, 5) is 1.64. The third kappa shape index (κ3) is 2.18. The zero-order valence-electron chi connectivity index (χ0n) is 9.05. The lowest BCUT2D eigenvalue weighted by Crippen LogP contribution is -2.29. The van der Waals surface area contributed by atoms with Gasteiger partial charge in [-0.25, -0.2) is 0 Å². The first-order chi connectivity index (χ1) is 6.77. The maximum absolute atomic E-state index is 3.55. The molecule has 2 rings (SSSR count). The second-order valence-corrected chi connectivity index (χ2v) is 5.41. The van der Waals surface area contributed by atoms with Crippen molar-refractivity contribution in [3.05, 3.63) is 21.9 Å². The van der Waals surface area contributed by atoms with Gasteiger partial charge in [-0.05, 0) is 36.3 Å². The van der Waals surface area contributed by atoms with Crippen LogP contribution in [0.5, 0.6) is 0 Å². The Morgan fingerprint density at radius 2 is 2.43 bits per heavy atom. The zero-order valence-corrected chi connectivity index (χ0v) is 9.86. The fourth-order valence-electron chi connectivity index (χ4n) is 2.15. The molecule has 78 valence electrons. The van der Waals surface area contributed by atoms with Crippen LogP contribution in [0.25, 0.3) is 0 Å². The molecule has 0 aliphatic heterocycles. The highest BCUT2D eigenvalue weighted by atomic mass is 32.1. The average molecular weight is 209 g/mol. The van der Waals surface area contributed by atoms with Gasteiger partial charge >= 0.3 is 0 Å². The summed E-state index contributed by atoms with van der Waals surface area (Å²) in [6.45, 7) is 5.60. The van der Waals surface area contributed by atoms with Gasteiger partial charge < -0.3 is 5.32 Å². The van der Waals surface area contributed by atoms with E-state index in [9.17, 15) is 0 Å². The van der Waals surface area contributed by atoms with Crippen LogP contribution in [-0.4, -0.2) is 12.6 Å². The van der Waals surface area contributed by atoms with Crippen molar-refractivity contribution in [3.8, 4) is 0 Å². The van der Waals surface area contributed by atoms with Gasteiger partial charge in [-0.3, -0.25) is 0 Å². The summed E-state index contributed by atoms with van der Waals surface area (Å²) in [5.41, 5.74) is 1.61. The average Bonchev–Trinajstić information content (AvgIpc) is 2.62. The minimum Gasteiger partial charge on any atom is -0.314 e. The Kier molecular flexibility index (Phi) is 3.24. The molecule has 0 spiro atoms. The number of rotatable bonds is 3. The van der Waals surface area contributed by atoms with Gasteiger partial charge in [0.15, 0.2) is 0 Å². The van der Waals surface area contributed by atoms with Crippen LogP contribution in [-0.2, 0) is 6.42 Å². The normalized spacial score (nSPS) is 21.2. The van der Waals surface area contributed by atoms with Gasteiger partial charge in [0.05, 0.1) is 0 Å².